The predicted molar refractivity (Wildman–Crippen MR) is 103 cm³/mol. The molecule has 1 amide bonds. The Kier molecular flexibility index (Phi) is 5.93. The molecule has 1 N–H and O–H groups in total. The zero-order chi connectivity index (χ0) is 19.2. The molecular weight excluding hydrogens is 366 g/mol. The predicted octanol–water partition coefficient (Wildman–Crippen LogP) is 2.94. The van der Waals surface area contributed by atoms with E-state index in [0.717, 1.165) is 17.7 Å². The molecule has 0 aliphatic carbocycles. The Morgan fingerprint density at radius 3 is 2.70 bits per heavy atom. The van der Waals surface area contributed by atoms with E-state index in [-0.39, 0.29) is 11.3 Å². The monoisotopic (exact) mass is 383 g/mol. The summed E-state index contributed by atoms with van der Waals surface area (Å²) in [6.07, 6.45) is 1.34. The lowest BCUT2D eigenvalue weighted by Gasteiger charge is -2.07. The van der Waals surface area contributed by atoms with E-state index in [2.05, 4.69) is 20.6 Å². The molecule has 0 saturated heterocycles. The molecule has 7 nitrogen and oxygen atoms in total. The number of rotatable bonds is 6. The van der Waals surface area contributed by atoms with Gasteiger partial charge in [0.05, 0.1) is 5.69 Å². The van der Waals surface area contributed by atoms with Crippen LogP contribution in [0.5, 0.6) is 0 Å². The first-order valence-electron chi connectivity index (χ1n) is 8.51. The highest BCUT2D eigenvalue weighted by Crippen LogP contribution is 2.14. The molecule has 0 radical (unpaired) electrons. The molecule has 8 heteroatoms. The average Bonchev–Trinajstić information content (AvgIpc) is 2.65. The topological polar surface area (TPSA) is 89.8 Å². The Hall–Kier alpha value is -3.06. The van der Waals surface area contributed by atoms with Crippen molar-refractivity contribution in [2.75, 3.05) is 5.32 Å². The van der Waals surface area contributed by atoms with Gasteiger partial charge in [0.1, 0.15) is 5.69 Å². The standard InChI is InChI=1S/C19H18ClN5O2/c1-2-10-25-18(26)9-7-16(24-25)19(27)21-17-8-6-15(22-23-17)12-13-4-3-5-14(20)11-13/h3-9,11H,2,10,12H2,1H3,(H,21,23,27). The largest absolute Gasteiger partial charge is 0.304 e. The van der Waals surface area contributed by atoms with E-state index in [1.165, 1.54) is 16.8 Å². The summed E-state index contributed by atoms with van der Waals surface area (Å²) in [5.74, 6) is -0.137. The van der Waals surface area contributed by atoms with Crippen LogP contribution in [0.2, 0.25) is 5.02 Å². The van der Waals surface area contributed by atoms with Gasteiger partial charge in [0.25, 0.3) is 11.5 Å². The maximum absolute atomic E-state index is 12.3. The second kappa shape index (κ2) is 8.55. The maximum Gasteiger partial charge on any atom is 0.277 e. The number of nitrogens with one attached hydrogen (secondary N) is 1. The molecule has 0 spiro atoms. The first-order valence-corrected chi connectivity index (χ1v) is 8.89. The van der Waals surface area contributed by atoms with Crippen molar-refractivity contribution in [3.63, 3.8) is 0 Å². The van der Waals surface area contributed by atoms with Crippen molar-refractivity contribution in [1.82, 2.24) is 20.0 Å². The van der Waals surface area contributed by atoms with Gasteiger partial charge in [0.2, 0.25) is 0 Å². The van der Waals surface area contributed by atoms with Crippen molar-refractivity contribution < 1.29 is 4.79 Å². The van der Waals surface area contributed by atoms with Crippen LogP contribution in [-0.2, 0) is 13.0 Å². The highest BCUT2D eigenvalue weighted by molar-refractivity contribution is 6.30. The van der Waals surface area contributed by atoms with Crippen LogP contribution >= 0.6 is 11.6 Å². The number of aromatic nitrogens is 4. The van der Waals surface area contributed by atoms with Crippen LogP contribution in [0.25, 0.3) is 0 Å². The third-order valence-electron chi connectivity index (χ3n) is 3.77. The van der Waals surface area contributed by atoms with Gasteiger partial charge in [0, 0.05) is 24.1 Å². The molecular formula is C19H18ClN5O2. The third kappa shape index (κ3) is 4.98. The summed E-state index contributed by atoms with van der Waals surface area (Å²) in [6.45, 7) is 2.39. The van der Waals surface area contributed by atoms with Crippen molar-refractivity contribution in [2.24, 2.45) is 0 Å². The number of carbonyl (C=O) groups is 1. The molecule has 0 fully saturated rings. The van der Waals surface area contributed by atoms with Crippen molar-refractivity contribution in [2.45, 2.75) is 26.3 Å². The van der Waals surface area contributed by atoms with E-state index in [9.17, 15) is 9.59 Å². The number of anilines is 1. The molecule has 138 valence electrons. The lowest BCUT2D eigenvalue weighted by molar-refractivity contribution is 0.101. The number of hydrogen-bond acceptors (Lipinski definition) is 5. The molecule has 3 aromatic rings. The van der Waals surface area contributed by atoms with Crippen molar-refractivity contribution in [1.29, 1.82) is 0 Å². The molecule has 0 unspecified atom stereocenters. The molecule has 0 atom stereocenters. The number of benzene rings is 1. The van der Waals surface area contributed by atoms with Crippen LogP contribution in [0.4, 0.5) is 5.82 Å². The summed E-state index contributed by atoms with van der Waals surface area (Å²) in [6, 6.07) is 13.7. The van der Waals surface area contributed by atoms with Gasteiger partial charge >= 0.3 is 0 Å². The van der Waals surface area contributed by atoms with E-state index < -0.39 is 5.91 Å². The Morgan fingerprint density at radius 2 is 2.00 bits per heavy atom. The SMILES string of the molecule is CCCn1nc(C(=O)Nc2ccc(Cc3cccc(Cl)c3)nn2)ccc1=O. The molecule has 1 aromatic carbocycles. The van der Waals surface area contributed by atoms with Crippen LogP contribution < -0.4 is 10.9 Å². The van der Waals surface area contributed by atoms with E-state index in [4.69, 9.17) is 11.6 Å². The van der Waals surface area contributed by atoms with E-state index in [1.54, 1.807) is 12.1 Å². The zero-order valence-corrected chi connectivity index (χ0v) is 15.5. The zero-order valence-electron chi connectivity index (χ0n) is 14.7. The molecule has 2 aromatic heterocycles. The number of nitrogens with zero attached hydrogens (tertiary/aromatic N) is 4. The summed E-state index contributed by atoms with van der Waals surface area (Å²) in [5.41, 5.74) is 1.69. The second-order valence-corrected chi connectivity index (χ2v) is 6.39. The summed E-state index contributed by atoms with van der Waals surface area (Å²) < 4.78 is 1.27. The first-order chi connectivity index (χ1) is 13.0. The maximum atomic E-state index is 12.3. The van der Waals surface area contributed by atoms with Crippen molar-refractivity contribution in [3.05, 3.63) is 80.9 Å². The number of hydrogen-bond donors (Lipinski definition) is 1. The minimum Gasteiger partial charge on any atom is -0.304 e. The normalized spacial score (nSPS) is 10.6. The van der Waals surface area contributed by atoms with Gasteiger partial charge < -0.3 is 5.32 Å². The van der Waals surface area contributed by atoms with Crippen LogP contribution in [0.3, 0.4) is 0 Å². The fourth-order valence-corrected chi connectivity index (χ4v) is 2.71. The molecule has 3 rings (SSSR count). The summed E-state index contributed by atoms with van der Waals surface area (Å²) in [7, 11) is 0. The minimum absolute atomic E-state index is 0.146. The number of halogens is 1. The van der Waals surface area contributed by atoms with Gasteiger partial charge in [-0.15, -0.1) is 5.10 Å². The Balaban J connectivity index is 1.68. The number of carbonyl (C=O) groups excluding carboxylic acids is 1. The smallest absolute Gasteiger partial charge is 0.277 e. The molecule has 0 aliphatic rings. The Morgan fingerprint density at radius 1 is 1.15 bits per heavy atom. The minimum atomic E-state index is -0.447. The van der Waals surface area contributed by atoms with Gasteiger partial charge in [-0.05, 0) is 42.3 Å². The van der Waals surface area contributed by atoms with E-state index in [1.807, 2.05) is 31.2 Å². The quantitative estimate of drug-likeness (QED) is 0.706. The fraction of sp³-hybridized carbons (Fsp3) is 0.211. The van der Waals surface area contributed by atoms with Crippen molar-refractivity contribution in [3.8, 4) is 0 Å². The summed E-state index contributed by atoms with van der Waals surface area (Å²) in [5, 5.41) is 15.5. The van der Waals surface area contributed by atoms with Crippen LogP contribution in [0, 0.1) is 0 Å². The molecule has 0 saturated carbocycles. The summed E-state index contributed by atoms with van der Waals surface area (Å²) >= 11 is 5.98. The highest BCUT2D eigenvalue weighted by atomic mass is 35.5. The lowest BCUT2D eigenvalue weighted by atomic mass is 10.1. The van der Waals surface area contributed by atoms with Gasteiger partial charge in [0.15, 0.2) is 5.82 Å². The van der Waals surface area contributed by atoms with Gasteiger partial charge in [-0.25, -0.2) is 4.68 Å². The first kappa shape index (κ1) is 18.7. The number of aryl methyl sites for hydroxylation is 1. The van der Waals surface area contributed by atoms with Crippen LogP contribution in [0.1, 0.15) is 35.1 Å². The summed E-state index contributed by atoms with van der Waals surface area (Å²) in [4.78, 5) is 24.0. The average molecular weight is 384 g/mol. The highest BCUT2D eigenvalue weighted by Gasteiger charge is 2.11. The lowest BCUT2D eigenvalue weighted by Crippen LogP contribution is -2.26. The fourth-order valence-electron chi connectivity index (χ4n) is 2.50. The Bertz CT molecular complexity index is 1000. The third-order valence-corrected chi connectivity index (χ3v) is 4.01. The molecule has 2 heterocycles. The van der Waals surface area contributed by atoms with Crippen LogP contribution in [-0.4, -0.2) is 25.9 Å². The van der Waals surface area contributed by atoms with E-state index in [0.29, 0.717) is 23.8 Å². The van der Waals surface area contributed by atoms with Crippen molar-refractivity contribution >= 4 is 23.3 Å². The Labute approximate surface area is 161 Å². The van der Waals surface area contributed by atoms with Gasteiger partial charge in [-0.3, -0.25) is 9.59 Å². The van der Waals surface area contributed by atoms with Gasteiger partial charge in [-0.2, -0.15) is 10.2 Å². The molecule has 0 aliphatic heterocycles. The number of amides is 1. The molecule has 27 heavy (non-hydrogen) atoms. The van der Waals surface area contributed by atoms with Gasteiger partial charge in [-0.1, -0.05) is 30.7 Å². The van der Waals surface area contributed by atoms with E-state index >= 15 is 0 Å². The molecule has 0 bridgehead atoms. The van der Waals surface area contributed by atoms with Crippen LogP contribution in [0.15, 0.2) is 53.3 Å². The second-order valence-electron chi connectivity index (χ2n) is 5.95.